The molecule has 0 spiro atoms. The predicted molar refractivity (Wildman–Crippen MR) is 102 cm³/mol. The summed E-state index contributed by atoms with van der Waals surface area (Å²) in [5.41, 5.74) is 0. The summed E-state index contributed by atoms with van der Waals surface area (Å²) in [4.78, 5) is 37.3. The van der Waals surface area contributed by atoms with E-state index in [1.807, 2.05) is 20.8 Å². The lowest BCUT2D eigenvalue weighted by Crippen LogP contribution is -2.40. The molecule has 0 N–H and O–H groups in total. The Morgan fingerprint density at radius 1 is 0.667 bits per heavy atom. The van der Waals surface area contributed by atoms with E-state index in [1.165, 1.54) is 0 Å². The molecule has 1 fully saturated rings. The quantitative estimate of drug-likeness (QED) is 0.287. The van der Waals surface area contributed by atoms with Crippen LogP contribution in [0, 0.1) is 17.8 Å². The minimum Gasteiger partial charge on any atom is -0.465 e. The van der Waals surface area contributed by atoms with Crippen molar-refractivity contribution in [3.05, 3.63) is 0 Å². The van der Waals surface area contributed by atoms with Crippen molar-refractivity contribution in [1.29, 1.82) is 0 Å². The molecule has 1 aliphatic carbocycles. The number of carbonyl (C=O) groups is 3. The van der Waals surface area contributed by atoms with Crippen LogP contribution in [0.2, 0.25) is 0 Å². The summed E-state index contributed by atoms with van der Waals surface area (Å²) in [5, 5.41) is 0. The molecule has 0 aromatic rings. The normalized spacial score (nSPS) is 22.1. The SMILES string of the molecule is CCCCOC(=O)C1CCC(C(=O)OCCCC)C(C(=O)OCCCC)C1. The van der Waals surface area contributed by atoms with Crippen molar-refractivity contribution in [3.63, 3.8) is 0 Å². The number of hydrogen-bond acceptors (Lipinski definition) is 6. The Labute approximate surface area is 163 Å². The van der Waals surface area contributed by atoms with Crippen LogP contribution in [0.25, 0.3) is 0 Å². The van der Waals surface area contributed by atoms with Crippen molar-refractivity contribution in [3.8, 4) is 0 Å². The Balaban J connectivity index is 2.71. The molecule has 0 amide bonds. The predicted octanol–water partition coefficient (Wildman–Crippen LogP) is 4.05. The second-order valence-electron chi connectivity index (χ2n) is 7.29. The third-order valence-electron chi connectivity index (χ3n) is 5.02. The van der Waals surface area contributed by atoms with E-state index in [0.29, 0.717) is 39.1 Å². The molecule has 1 saturated carbocycles. The van der Waals surface area contributed by atoms with Gasteiger partial charge in [0.2, 0.25) is 0 Å². The highest BCUT2D eigenvalue weighted by molar-refractivity contribution is 5.83. The molecule has 0 heterocycles. The maximum absolute atomic E-state index is 12.6. The Morgan fingerprint density at radius 2 is 1.11 bits per heavy atom. The largest absolute Gasteiger partial charge is 0.465 e. The summed E-state index contributed by atoms with van der Waals surface area (Å²) in [7, 11) is 0. The summed E-state index contributed by atoms with van der Waals surface area (Å²) < 4.78 is 16.0. The molecule has 6 nitrogen and oxygen atoms in total. The first-order chi connectivity index (χ1) is 13.0. The van der Waals surface area contributed by atoms with E-state index in [-0.39, 0.29) is 17.9 Å². The van der Waals surface area contributed by atoms with Gasteiger partial charge in [0, 0.05) is 0 Å². The molecule has 0 aliphatic heterocycles. The molecule has 0 bridgehead atoms. The van der Waals surface area contributed by atoms with Crippen LogP contribution in [0.15, 0.2) is 0 Å². The first-order valence-corrected chi connectivity index (χ1v) is 10.5. The van der Waals surface area contributed by atoms with Crippen LogP contribution in [-0.2, 0) is 28.6 Å². The van der Waals surface area contributed by atoms with E-state index in [9.17, 15) is 14.4 Å². The van der Waals surface area contributed by atoms with Gasteiger partial charge >= 0.3 is 17.9 Å². The molecule has 0 radical (unpaired) electrons. The van der Waals surface area contributed by atoms with Crippen LogP contribution >= 0.6 is 0 Å². The van der Waals surface area contributed by atoms with E-state index in [1.54, 1.807) is 0 Å². The lowest BCUT2D eigenvalue weighted by atomic mass is 9.74. The maximum atomic E-state index is 12.6. The number of carbonyl (C=O) groups excluding carboxylic acids is 3. The maximum Gasteiger partial charge on any atom is 0.309 e. The molecule has 1 rings (SSSR count). The molecule has 156 valence electrons. The minimum absolute atomic E-state index is 0.271. The van der Waals surface area contributed by atoms with Gasteiger partial charge in [-0.25, -0.2) is 0 Å². The van der Waals surface area contributed by atoms with E-state index in [4.69, 9.17) is 14.2 Å². The van der Waals surface area contributed by atoms with Crippen molar-refractivity contribution in [2.24, 2.45) is 17.8 Å². The molecule has 6 heteroatoms. The van der Waals surface area contributed by atoms with E-state index in [2.05, 4.69) is 0 Å². The van der Waals surface area contributed by atoms with Crippen molar-refractivity contribution in [2.45, 2.75) is 78.6 Å². The van der Waals surface area contributed by atoms with E-state index < -0.39 is 17.8 Å². The molecule has 27 heavy (non-hydrogen) atoms. The van der Waals surface area contributed by atoms with Crippen molar-refractivity contribution in [1.82, 2.24) is 0 Å². The molecular formula is C21H36O6. The van der Waals surface area contributed by atoms with E-state index >= 15 is 0 Å². The third-order valence-corrected chi connectivity index (χ3v) is 5.02. The smallest absolute Gasteiger partial charge is 0.309 e. The second kappa shape index (κ2) is 13.6. The summed E-state index contributed by atoms with van der Waals surface area (Å²) in [6.45, 7) is 7.19. The first kappa shape index (κ1) is 23.4. The number of ether oxygens (including phenoxy) is 3. The fourth-order valence-corrected chi connectivity index (χ4v) is 3.21. The number of hydrogen-bond donors (Lipinski definition) is 0. The molecule has 1 aliphatic rings. The Hall–Kier alpha value is -1.59. The fraction of sp³-hybridized carbons (Fsp3) is 0.857. The van der Waals surface area contributed by atoms with Gasteiger partial charge in [-0.3, -0.25) is 14.4 Å². The van der Waals surface area contributed by atoms with Crippen molar-refractivity contribution < 1.29 is 28.6 Å². The van der Waals surface area contributed by atoms with Gasteiger partial charge < -0.3 is 14.2 Å². The summed E-state index contributed by atoms with van der Waals surface area (Å²) in [6, 6.07) is 0. The molecule has 0 saturated heterocycles. The zero-order valence-corrected chi connectivity index (χ0v) is 17.2. The fourth-order valence-electron chi connectivity index (χ4n) is 3.21. The zero-order chi connectivity index (χ0) is 20.1. The molecule has 0 aromatic heterocycles. The number of esters is 3. The molecule has 0 aromatic carbocycles. The molecule has 3 atom stereocenters. The van der Waals surface area contributed by atoms with Crippen LogP contribution in [0.4, 0.5) is 0 Å². The minimum atomic E-state index is -0.631. The molecule has 3 unspecified atom stereocenters. The summed E-state index contributed by atoms with van der Waals surface area (Å²) in [6.07, 6.45) is 6.51. The highest BCUT2D eigenvalue weighted by atomic mass is 16.5. The topological polar surface area (TPSA) is 78.9 Å². The Bertz CT molecular complexity index is 462. The van der Waals surface area contributed by atoms with Crippen LogP contribution in [0.5, 0.6) is 0 Å². The van der Waals surface area contributed by atoms with Crippen molar-refractivity contribution in [2.75, 3.05) is 19.8 Å². The average molecular weight is 385 g/mol. The Kier molecular flexibility index (Phi) is 11.8. The monoisotopic (exact) mass is 384 g/mol. The van der Waals surface area contributed by atoms with Gasteiger partial charge in [-0.2, -0.15) is 0 Å². The first-order valence-electron chi connectivity index (χ1n) is 10.5. The zero-order valence-electron chi connectivity index (χ0n) is 17.2. The summed E-state index contributed by atoms with van der Waals surface area (Å²) >= 11 is 0. The lowest BCUT2D eigenvalue weighted by molar-refractivity contribution is -0.167. The summed E-state index contributed by atoms with van der Waals surface area (Å²) in [5.74, 6) is -2.53. The van der Waals surface area contributed by atoms with Crippen LogP contribution in [0.3, 0.4) is 0 Å². The van der Waals surface area contributed by atoms with E-state index in [0.717, 1.165) is 38.5 Å². The van der Waals surface area contributed by atoms with Crippen LogP contribution < -0.4 is 0 Å². The van der Waals surface area contributed by atoms with Crippen LogP contribution in [0.1, 0.15) is 78.6 Å². The number of unbranched alkanes of at least 4 members (excludes halogenated alkanes) is 3. The standard InChI is InChI=1S/C21H36O6/c1-4-7-12-25-19(22)16-10-11-17(20(23)26-13-8-5-2)18(15-16)21(24)27-14-9-6-3/h16-18H,4-15H2,1-3H3. The Morgan fingerprint density at radius 3 is 1.59 bits per heavy atom. The van der Waals surface area contributed by atoms with Gasteiger partial charge in [0.1, 0.15) is 0 Å². The molecular weight excluding hydrogens is 348 g/mol. The number of rotatable bonds is 12. The van der Waals surface area contributed by atoms with Gasteiger partial charge in [0.05, 0.1) is 37.6 Å². The van der Waals surface area contributed by atoms with Gasteiger partial charge in [0.25, 0.3) is 0 Å². The second-order valence-corrected chi connectivity index (χ2v) is 7.29. The highest BCUT2D eigenvalue weighted by Crippen LogP contribution is 2.36. The van der Waals surface area contributed by atoms with Gasteiger partial charge in [-0.1, -0.05) is 40.0 Å². The van der Waals surface area contributed by atoms with Crippen LogP contribution in [-0.4, -0.2) is 37.7 Å². The highest BCUT2D eigenvalue weighted by Gasteiger charge is 2.43. The lowest BCUT2D eigenvalue weighted by Gasteiger charge is -2.32. The van der Waals surface area contributed by atoms with Gasteiger partial charge in [-0.05, 0) is 38.5 Å². The van der Waals surface area contributed by atoms with Crippen molar-refractivity contribution >= 4 is 17.9 Å². The average Bonchev–Trinajstić information content (AvgIpc) is 2.67. The third kappa shape index (κ3) is 8.31. The van der Waals surface area contributed by atoms with Gasteiger partial charge in [0.15, 0.2) is 0 Å². The van der Waals surface area contributed by atoms with Gasteiger partial charge in [-0.15, -0.1) is 0 Å².